The smallest absolute Gasteiger partial charge is 0.311 e. The Kier molecular flexibility index (Phi) is 7.04. The van der Waals surface area contributed by atoms with Crippen molar-refractivity contribution in [1.29, 1.82) is 0 Å². The number of hydrogen-bond acceptors (Lipinski definition) is 3. The van der Waals surface area contributed by atoms with Gasteiger partial charge in [-0.05, 0) is 18.4 Å². The third-order valence-corrected chi connectivity index (χ3v) is 3.72. The van der Waals surface area contributed by atoms with Gasteiger partial charge in [-0.25, -0.2) is 13.2 Å². The summed E-state index contributed by atoms with van der Waals surface area (Å²) >= 11 is 0. The van der Waals surface area contributed by atoms with Gasteiger partial charge in [0.2, 0.25) is 34.8 Å². The van der Waals surface area contributed by atoms with Crippen LogP contribution in [0.1, 0.15) is 31.2 Å². The van der Waals surface area contributed by atoms with Gasteiger partial charge in [0.25, 0.3) is 0 Å². The molecule has 0 atom stereocenters. The molecular formula is C19H15F5O3. The molecule has 0 radical (unpaired) electrons. The number of halogens is 5. The normalized spacial score (nSPS) is 10.7. The predicted octanol–water partition coefficient (Wildman–Crippen LogP) is 4.66. The van der Waals surface area contributed by atoms with E-state index < -0.39 is 40.8 Å². The van der Waals surface area contributed by atoms with Crippen LogP contribution in [0.2, 0.25) is 0 Å². The summed E-state index contributed by atoms with van der Waals surface area (Å²) in [5.41, 5.74) is 0.855. The minimum atomic E-state index is -2.33. The highest BCUT2D eigenvalue weighted by Crippen LogP contribution is 2.29. The first kappa shape index (κ1) is 20.5. The second-order valence-electron chi connectivity index (χ2n) is 5.78. The summed E-state index contributed by atoms with van der Waals surface area (Å²) in [6, 6.07) is 9.04. The Bertz CT molecular complexity index is 808. The largest absolute Gasteiger partial charge is 0.420 e. The standard InChI is InChI=1S/C19H15F5O3/c20-14-15(21)17(23)19(18(24)16(14)22)27-13(26)9-5-4-8-12(25)10-11-6-2-1-3-7-11/h1-3,6-7H,4-5,8-10H2. The maximum Gasteiger partial charge on any atom is 0.311 e. The van der Waals surface area contributed by atoms with Crippen LogP contribution >= 0.6 is 0 Å². The quantitative estimate of drug-likeness (QED) is 0.166. The first-order valence-corrected chi connectivity index (χ1v) is 8.09. The Labute approximate surface area is 151 Å². The number of esters is 1. The molecule has 2 aromatic rings. The zero-order valence-corrected chi connectivity index (χ0v) is 14.0. The van der Waals surface area contributed by atoms with Crippen LogP contribution < -0.4 is 4.74 Å². The van der Waals surface area contributed by atoms with Crippen LogP contribution in [0.25, 0.3) is 0 Å². The summed E-state index contributed by atoms with van der Waals surface area (Å²) in [7, 11) is 0. The Hall–Kier alpha value is -2.77. The molecule has 0 spiro atoms. The molecule has 0 N–H and O–H groups in total. The average molecular weight is 386 g/mol. The zero-order valence-electron chi connectivity index (χ0n) is 14.0. The summed E-state index contributed by atoms with van der Waals surface area (Å²) in [6.45, 7) is 0. The van der Waals surface area contributed by atoms with Crippen LogP contribution in [0.5, 0.6) is 5.75 Å². The molecule has 0 aliphatic heterocycles. The Morgan fingerprint density at radius 1 is 0.741 bits per heavy atom. The molecule has 0 fully saturated rings. The molecule has 0 unspecified atom stereocenters. The van der Waals surface area contributed by atoms with Gasteiger partial charge in [0.1, 0.15) is 5.78 Å². The Morgan fingerprint density at radius 2 is 1.26 bits per heavy atom. The number of carbonyl (C=O) groups is 2. The zero-order chi connectivity index (χ0) is 20.0. The minimum Gasteiger partial charge on any atom is -0.420 e. The minimum absolute atomic E-state index is 0.0469. The van der Waals surface area contributed by atoms with E-state index in [2.05, 4.69) is 4.74 Å². The third-order valence-electron chi connectivity index (χ3n) is 3.72. The van der Waals surface area contributed by atoms with Gasteiger partial charge in [-0.1, -0.05) is 30.3 Å². The number of rotatable bonds is 8. The summed E-state index contributed by atoms with van der Waals surface area (Å²) in [4.78, 5) is 23.4. The second kappa shape index (κ2) is 9.25. The molecule has 0 bridgehead atoms. The van der Waals surface area contributed by atoms with E-state index in [1.54, 1.807) is 24.3 Å². The van der Waals surface area contributed by atoms with Crippen molar-refractivity contribution in [3.8, 4) is 5.75 Å². The Morgan fingerprint density at radius 3 is 1.85 bits per heavy atom. The predicted molar refractivity (Wildman–Crippen MR) is 85.5 cm³/mol. The van der Waals surface area contributed by atoms with Crippen molar-refractivity contribution in [2.24, 2.45) is 0 Å². The lowest BCUT2D eigenvalue weighted by atomic mass is 10.0. The van der Waals surface area contributed by atoms with Crippen molar-refractivity contribution in [1.82, 2.24) is 0 Å². The number of ether oxygens (including phenoxy) is 1. The summed E-state index contributed by atoms with van der Waals surface area (Å²) in [5.74, 6) is -14.0. The summed E-state index contributed by atoms with van der Waals surface area (Å²) in [5, 5.41) is 0. The van der Waals surface area contributed by atoms with Crippen molar-refractivity contribution >= 4 is 11.8 Å². The molecule has 0 saturated carbocycles. The van der Waals surface area contributed by atoms with Gasteiger partial charge in [0, 0.05) is 19.3 Å². The van der Waals surface area contributed by atoms with Crippen LogP contribution in [0, 0.1) is 29.1 Å². The maximum absolute atomic E-state index is 13.4. The molecule has 8 heteroatoms. The number of carbonyl (C=O) groups excluding carboxylic acids is 2. The van der Waals surface area contributed by atoms with Crippen LogP contribution in [-0.4, -0.2) is 11.8 Å². The lowest BCUT2D eigenvalue weighted by molar-refractivity contribution is -0.135. The third kappa shape index (κ3) is 5.35. The van der Waals surface area contributed by atoms with Gasteiger partial charge in [0.15, 0.2) is 0 Å². The molecule has 0 aromatic heterocycles. The van der Waals surface area contributed by atoms with E-state index in [4.69, 9.17) is 0 Å². The highest BCUT2D eigenvalue weighted by atomic mass is 19.2. The highest BCUT2D eigenvalue weighted by molar-refractivity contribution is 5.80. The number of ketones is 1. The van der Waals surface area contributed by atoms with Gasteiger partial charge in [-0.2, -0.15) is 8.78 Å². The molecule has 27 heavy (non-hydrogen) atoms. The van der Waals surface area contributed by atoms with Crippen molar-refractivity contribution in [2.45, 2.75) is 32.1 Å². The van der Waals surface area contributed by atoms with Crippen LogP contribution in [0.4, 0.5) is 22.0 Å². The van der Waals surface area contributed by atoms with Gasteiger partial charge in [-0.15, -0.1) is 0 Å². The van der Waals surface area contributed by atoms with Crippen molar-refractivity contribution in [3.63, 3.8) is 0 Å². The van der Waals surface area contributed by atoms with Crippen molar-refractivity contribution in [2.75, 3.05) is 0 Å². The van der Waals surface area contributed by atoms with E-state index in [0.29, 0.717) is 6.42 Å². The number of Topliss-reactive ketones (excluding diaryl/α,β-unsaturated/α-hetero) is 1. The van der Waals surface area contributed by atoms with Gasteiger partial charge < -0.3 is 4.74 Å². The van der Waals surface area contributed by atoms with E-state index in [0.717, 1.165) is 5.56 Å². The van der Waals surface area contributed by atoms with Gasteiger partial charge in [0.05, 0.1) is 0 Å². The molecule has 0 saturated heterocycles. The topological polar surface area (TPSA) is 43.4 Å². The number of benzene rings is 2. The fraction of sp³-hybridized carbons (Fsp3) is 0.263. The average Bonchev–Trinajstić information content (AvgIpc) is 2.66. The second-order valence-corrected chi connectivity index (χ2v) is 5.78. The fourth-order valence-corrected chi connectivity index (χ4v) is 2.34. The first-order valence-electron chi connectivity index (χ1n) is 8.09. The maximum atomic E-state index is 13.4. The SMILES string of the molecule is O=C(CCCCC(=O)Oc1c(F)c(F)c(F)c(F)c1F)Cc1ccccc1. The molecule has 0 heterocycles. The van der Waals surface area contributed by atoms with E-state index in [1.807, 2.05) is 6.07 Å². The summed E-state index contributed by atoms with van der Waals surface area (Å²) < 4.78 is 70.1. The molecule has 144 valence electrons. The molecule has 2 aromatic carbocycles. The van der Waals surface area contributed by atoms with Crippen LogP contribution in [0.15, 0.2) is 30.3 Å². The van der Waals surface area contributed by atoms with Gasteiger partial charge >= 0.3 is 5.97 Å². The van der Waals surface area contributed by atoms with Crippen LogP contribution in [-0.2, 0) is 16.0 Å². The molecule has 3 nitrogen and oxygen atoms in total. The first-order chi connectivity index (χ1) is 12.8. The summed E-state index contributed by atoms with van der Waals surface area (Å²) in [6.07, 6.45) is 0.575. The Balaban J connectivity index is 1.81. The monoisotopic (exact) mass is 386 g/mol. The van der Waals surface area contributed by atoms with Crippen molar-refractivity contribution < 1.29 is 36.3 Å². The highest BCUT2D eigenvalue weighted by Gasteiger charge is 2.28. The molecule has 0 amide bonds. The molecule has 2 rings (SSSR count). The van der Waals surface area contributed by atoms with E-state index in [1.165, 1.54) is 0 Å². The van der Waals surface area contributed by atoms with Gasteiger partial charge in [-0.3, -0.25) is 9.59 Å². The molecule has 0 aliphatic rings. The lowest BCUT2D eigenvalue weighted by Gasteiger charge is -2.08. The lowest BCUT2D eigenvalue weighted by Crippen LogP contribution is -2.13. The number of unbranched alkanes of at least 4 members (excludes halogenated alkanes) is 1. The molecule has 0 aliphatic carbocycles. The van der Waals surface area contributed by atoms with E-state index in [9.17, 15) is 31.5 Å². The number of hydrogen-bond donors (Lipinski definition) is 0. The fourth-order valence-electron chi connectivity index (χ4n) is 2.34. The molecular weight excluding hydrogens is 371 g/mol. The van der Waals surface area contributed by atoms with Crippen molar-refractivity contribution in [3.05, 3.63) is 65.0 Å². The van der Waals surface area contributed by atoms with E-state index >= 15 is 0 Å². The van der Waals surface area contributed by atoms with E-state index in [-0.39, 0.29) is 31.5 Å². The van der Waals surface area contributed by atoms with Crippen LogP contribution in [0.3, 0.4) is 0 Å².